The Labute approximate surface area is 96.0 Å². The van der Waals surface area contributed by atoms with Crippen LogP contribution in [0.25, 0.3) is 11.4 Å². The Hall–Kier alpha value is -2.01. The molecule has 1 aromatic heterocycles. The number of terminal acetylenes is 1. The van der Waals surface area contributed by atoms with Crippen LogP contribution < -0.4 is 0 Å². The molecular weight excluding hydrogens is 196 g/mol. The van der Waals surface area contributed by atoms with Crippen molar-refractivity contribution >= 4 is 0 Å². The van der Waals surface area contributed by atoms with Gasteiger partial charge in [0.2, 0.25) is 0 Å². The van der Waals surface area contributed by atoms with Gasteiger partial charge >= 0.3 is 0 Å². The summed E-state index contributed by atoms with van der Waals surface area (Å²) < 4.78 is 2.15. The van der Waals surface area contributed by atoms with Crippen LogP contribution in [0, 0.1) is 12.3 Å². The molecular formula is C14H14N2. The summed E-state index contributed by atoms with van der Waals surface area (Å²) >= 11 is 0. The molecule has 0 fully saturated rings. The Bertz CT molecular complexity index is 477. The molecule has 0 aliphatic carbocycles. The summed E-state index contributed by atoms with van der Waals surface area (Å²) in [5.41, 5.74) is 1.15. The van der Waals surface area contributed by atoms with E-state index in [0.29, 0.717) is 0 Å². The second-order valence-corrected chi connectivity index (χ2v) is 3.62. The van der Waals surface area contributed by atoms with Crippen molar-refractivity contribution in [2.75, 3.05) is 0 Å². The smallest absolute Gasteiger partial charge is 0.139 e. The van der Waals surface area contributed by atoms with Gasteiger partial charge in [-0.25, -0.2) is 4.98 Å². The Morgan fingerprint density at radius 3 is 2.81 bits per heavy atom. The normalized spacial score (nSPS) is 9.94. The van der Waals surface area contributed by atoms with Gasteiger partial charge in [0.1, 0.15) is 5.82 Å². The lowest BCUT2D eigenvalue weighted by atomic mass is 10.2. The third-order valence-corrected chi connectivity index (χ3v) is 2.47. The minimum atomic E-state index is 0.812. The zero-order valence-corrected chi connectivity index (χ0v) is 9.13. The minimum Gasteiger partial charge on any atom is -0.331 e. The average Bonchev–Trinajstić information content (AvgIpc) is 2.79. The maximum absolute atomic E-state index is 5.24. The number of hydrogen-bond donors (Lipinski definition) is 0. The van der Waals surface area contributed by atoms with Gasteiger partial charge in [-0.1, -0.05) is 30.3 Å². The van der Waals surface area contributed by atoms with Gasteiger partial charge in [-0.3, -0.25) is 0 Å². The summed E-state index contributed by atoms with van der Waals surface area (Å²) in [6.45, 7) is 0.925. The molecule has 0 unspecified atom stereocenters. The molecule has 0 atom stereocenters. The fraction of sp³-hybridized carbons (Fsp3) is 0.214. The van der Waals surface area contributed by atoms with Gasteiger partial charge in [-0.2, -0.15) is 0 Å². The summed E-state index contributed by atoms with van der Waals surface area (Å²) in [7, 11) is 0. The van der Waals surface area contributed by atoms with E-state index in [4.69, 9.17) is 6.42 Å². The first-order valence-electron chi connectivity index (χ1n) is 5.42. The number of benzene rings is 1. The van der Waals surface area contributed by atoms with Gasteiger partial charge in [0.25, 0.3) is 0 Å². The van der Waals surface area contributed by atoms with Crippen molar-refractivity contribution in [3.05, 3.63) is 42.7 Å². The van der Waals surface area contributed by atoms with Crippen molar-refractivity contribution in [1.82, 2.24) is 9.55 Å². The van der Waals surface area contributed by atoms with Crippen LogP contribution in [0.5, 0.6) is 0 Å². The highest BCUT2D eigenvalue weighted by Gasteiger charge is 2.03. The molecule has 0 N–H and O–H groups in total. The highest BCUT2D eigenvalue weighted by Crippen LogP contribution is 2.17. The lowest BCUT2D eigenvalue weighted by Crippen LogP contribution is -1.99. The molecule has 0 aliphatic rings. The predicted octanol–water partition coefficient (Wildman–Crippen LogP) is 2.96. The van der Waals surface area contributed by atoms with Crippen LogP contribution in [-0.2, 0) is 6.54 Å². The second-order valence-electron chi connectivity index (χ2n) is 3.62. The standard InChI is InChI=1S/C14H14N2/c1-2-3-7-11-16-12-10-15-14(16)13-8-5-4-6-9-13/h1,4-6,8-10,12H,3,7,11H2. The first-order valence-corrected chi connectivity index (χ1v) is 5.42. The molecule has 1 aromatic carbocycles. The monoisotopic (exact) mass is 210 g/mol. The van der Waals surface area contributed by atoms with Gasteiger partial charge in [0, 0.05) is 30.9 Å². The molecule has 2 heteroatoms. The largest absolute Gasteiger partial charge is 0.331 e. The lowest BCUT2D eigenvalue weighted by Gasteiger charge is -2.06. The molecule has 1 heterocycles. The highest BCUT2D eigenvalue weighted by atomic mass is 15.1. The van der Waals surface area contributed by atoms with Crippen LogP contribution >= 0.6 is 0 Å². The van der Waals surface area contributed by atoms with Gasteiger partial charge in [-0.05, 0) is 6.42 Å². The molecule has 80 valence electrons. The first-order chi connectivity index (χ1) is 7.92. The SMILES string of the molecule is C#CCCCn1ccnc1-c1ccccc1. The molecule has 2 nitrogen and oxygen atoms in total. The van der Waals surface area contributed by atoms with E-state index in [-0.39, 0.29) is 0 Å². The Morgan fingerprint density at radius 1 is 1.25 bits per heavy atom. The molecule has 0 aliphatic heterocycles. The van der Waals surface area contributed by atoms with Crippen LogP contribution in [0.15, 0.2) is 42.7 Å². The topological polar surface area (TPSA) is 17.8 Å². The van der Waals surface area contributed by atoms with E-state index < -0.39 is 0 Å². The third-order valence-electron chi connectivity index (χ3n) is 2.47. The van der Waals surface area contributed by atoms with Crippen molar-refractivity contribution in [1.29, 1.82) is 0 Å². The van der Waals surface area contributed by atoms with Gasteiger partial charge < -0.3 is 4.57 Å². The van der Waals surface area contributed by atoms with Gasteiger partial charge in [0.15, 0.2) is 0 Å². The number of unbranched alkanes of at least 4 members (excludes halogenated alkanes) is 1. The average molecular weight is 210 g/mol. The maximum atomic E-state index is 5.24. The second kappa shape index (κ2) is 5.18. The molecule has 0 saturated carbocycles. The Kier molecular flexibility index (Phi) is 3.40. The van der Waals surface area contributed by atoms with E-state index in [1.165, 1.54) is 0 Å². The Balaban J connectivity index is 2.17. The highest BCUT2D eigenvalue weighted by molar-refractivity contribution is 5.54. The number of nitrogens with zero attached hydrogens (tertiary/aromatic N) is 2. The number of aromatic nitrogens is 2. The van der Waals surface area contributed by atoms with E-state index >= 15 is 0 Å². The fourth-order valence-electron chi connectivity index (χ4n) is 1.69. The number of imidazole rings is 1. The van der Waals surface area contributed by atoms with E-state index in [2.05, 4.69) is 27.6 Å². The summed E-state index contributed by atoms with van der Waals surface area (Å²) in [6, 6.07) is 10.2. The molecule has 16 heavy (non-hydrogen) atoms. The minimum absolute atomic E-state index is 0.812. The van der Waals surface area contributed by atoms with Crippen molar-refractivity contribution < 1.29 is 0 Å². The quantitative estimate of drug-likeness (QED) is 0.560. The van der Waals surface area contributed by atoms with Crippen LogP contribution in [0.1, 0.15) is 12.8 Å². The molecule has 0 radical (unpaired) electrons. The summed E-state index contributed by atoms with van der Waals surface area (Å²) in [4.78, 5) is 4.38. The van der Waals surface area contributed by atoms with Crippen LogP contribution in [0.2, 0.25) is 0 Å². The fourth-order valence-corrected chi connectivity index (χ4v) is 1.69. The number of aryl methyl sites for hydroxylation is 1. The van der Waals surface area contributed by atoms with E-state index in [1.807, 2.05) is 30.6 Å². The van der Waals surface area contributed by atoms with E-state index in [1.54, 1.807) is 0 Å². The Morgan fingerprint density at radius 2 is 2.06 bits per heavy atom. The summed E-state index contributed by atoms with van der Waals surface area (Å²) in [5.74, 6) is 3.67. The molecule has 0 amide bonds. The number of rotatable bonds is 4. The maximum Gasteiger partial charge on any atom is 0.139 e. The molecule has 2 rings (SSSR count). The van der Waals surface area contributed by atoms with Crippen molar-refractivity contribution in [2.24, 2.45) is 0 Å². The predicted molar refractivity (Wildman–Crippen MR) is 65.7 cm³/mol. The van der Waals surface area contributed by atoms with Crippen LogP contribution in [0.3, 0.4) is 0 Å². The molecule has 2 aromatic rings. The first kappa shape index (κ1) is 10.5. The number of hydrogen-bond acceptors (Lipinski definition) is 1. The summed E-state index contributed by atoms with van der Waals surface area (Å²) in [5, 5.41) is 0. The summed E-state index contributed by atoms with van der Waals surface area (Å²) in [6.07, 6.45) is 10.9. The zero-order chi connectivity index (χ0) is 11.2. The van der Waals surface area contributed by atoms with Crippen molar-refractivity contribution in [3.8, 4) is 23.7 Å². The molecule has 0 saturated heterocycles. The van der Waals surface area contributed by atoms with E-state index in [9.17, 15) is 0 Å². The third kappa shape index (κ3) is 2.32. The van der Waals surface area contributed by atoms with Gasteiger partial charge in [-0.15, -0.1) is 12.3 Å². The lowest BCUT2D eigenvalue weighted by molar-refractivity contribution is 0.661. The zero-order valence-electron chi connectivity index (χ0n) is 9.13. The van der Waals surface area contributed by atoms with Crippen molar-refractivity contribution in [2.45, 2.75) is 19.4 Å². The van der Waals surface area contributed by atoms with Crippen LogP contribution in [0.4, 0.5) is 0 Å². The van der Waals surface area contributed by atoms with Gasteiger partial charge in [0.05, 0.1) is 0 Å². The van der Waals surface area contributed by atoms with E-state index in [0.717, 1.165) is 30.8 Å². The molecule has 0 spiro atoms. The van der Waals surface area contributed by atoms with Crippen molar-refractivity contribution in [3.63, 3.8) is 0 Å². The van der Waals surface area contributed by atoms with Crippen LogP contribution in [-0.4, -0.2) is 9.55 Å². The molecule has 0 bridgehead atoms.